The Morgan fingerprint density at radius 1 is 1.50 bits per heavy atom. The number of nitrogens with zero attached hydrogens (tertiary/aromatic N) is 2. The molecule has 1 aliphatic heterocycles. The lowest BCUT2D eigenvalue weighted by molar-refractivity contribution is -0.139. The number of aliphatic carboxylic acids is 1. The van der Waals surface area contributed by atoms with Gasteiger partial charge in [-0.15, -0.1) is 0 Å². The molecule has 1 fully saturated rings. The van der Waals surface area contributed by atoms with Crippen LogP contribution in [0.15, 0.2) is 12.1 Å². The fraction of sp³-hybridized carbons (Fsp3) is 0.429. The Balaban J connectivity index is 2.04. The molecule has 0 aliphatic carbocycles. The van der Waals surface area contributed by atoms with E-state index in [4.69, 9.17) is 11.6 Å². The number of thiazole rings is 1. The third-order valence-electron chi connectivity index (χ3n) is 3.67. The van der Waals surface area contributed by atoms with Gasteiger partial charge in [-0.25, -0.2) is 9.78 Å². The second-order valence-electron chi connectivity index (χ2n) is 5.11. The molecule has 3 rings (SSSR count). The summed E-state index contributed by atoms with van der Waals surface area (Å²) in [5.74, 6) is -0.765. The zero-order valence-electron chi connectivity index (χ0n) is 11.1. The smallest absolute Gasteiger partial charge is 0.326 e. The maximum absolute atomic E-state index is 11.4. The molecule has 1 atom stereocenters. The summed E-state index contributed by atoms with van der Waals surface area (Å²) in [4.78, 5) is 17.9. The number of carboxylic acids is 1. The van der Waals surface area contributed by atoms with Crippen LogP contribution < -0.4 is 4.90 Å². The van der Waals surface area contributed by atoms with E-state index in [1.165, 1.54) is 11.3 Å². The van der Waals surface area contributed by atoms with Crippen molar-refractivity contribution in [2.24, 2.45) is 0 Å². The molecule has 2 aromatic rings. The zero-order chi connectivity index (χ0) is 14.3. The van der Waals surface area contributed by atoms with Crippen molar-refractivity contribution in [1.29, 1.82) is 0 Å². The molecule has 1 aromatic heterocycles. The summed E-state index contributed by atoms with van der Waals surface area (Å²) in [7, 11) is 0. The van der Waals surface area contributed by atoms with Crippen LogP contribution in [0.1, 0.15) is 24.8 Å². The highest BCUT2D eigenvalue weighted by Crippen LogP contribution is 2.35. The molecule has 0 spiro atoms. The number of piperidine rings is 1. The SMILES string of the molecule is Cc1cc(Cl)cc2sc(N3CCCCC3C(=O)O)nc12. The number of aromatic nitrogens is 1. The molecule has 1 aliphatic rings. The molecule has 0 saturated carbocycles. The minimum atomic E-state index is -0.765. The minimum Gasteiger partial charge on any atom is -0.480 e. The standard InChI is InChI=1S/C14H15ClN2O2S/c1-8-6-9(15)7-11-12(8)16-14(20-11)17-5-3-2-4-10(17)13(18)19/h6-7,10H,2-5H2,1H3,(H,18,19). The highest BCUT2D eigenvalue weighted by atomic mass is 35.5. The van der Waals surface area contributed by atoms with Crippen LogP contribution >= 0.6 is 22.9 Å². The first-order valence-corrected chi connectivity index (χ1v) is 7.82. The number of carboxylic acid groups (broad SMARTS) is 1. The van der Waals surface area contributed by atoms with E-state index in [9.17, 15) is 9.90 Å². The number of aryl methyl sites for hydroxylation is 1. The van der Waals surface area contributed by atoms with Crippen LogP contribution in [-0.2, 0) is 4.79 Å². The number of halogens is 1. The number of hydrogen-bond donors (Lipinski definition) is 1. The Morgan fingerprint density at radius 2 is 2.30 bits per heavy atom. The van der Waals surface area contributed by atoms with Gasteiger partial charge in [0.2, 0.25) is 0 Å². The van der Waals surface area contributed by atoms with Gasteiger partial charge in [0.05, 0.1) is 10.2 Å². The van der Waals surface area contributed by atoms with Crippen LogP contribution in [0, 0.1) is 6.92 Å². The lowest BCUT2D eigenvalue weighted by atomic mass is 10.0. The molecule has 1 N–H and O–H groups in total. The van der Waals surface area contributed by atoms with Crippen LogP contribution in [0.25, 0.3) is 10.2 Å². The topological polar surface area (TPSA) is 53.4 Å². The van der Waals surface area contributed by atoms with Crippen molar-refractivity contribution in [2.45, 2.75) is 32.2 Å². The molecule has 6 heteroatoms. The van der Waals surface area contributed by atoms with Gasteiger partial charge in [-0.1, -0.05) is 22.9 Å². The molecule has 1 saturated heterocycles. The average Bonchev–Trinajstić information content (AvgIpc) is 2.82. The van der Waals surface area contributed by atoms with Crippen molar-refractivity contribution in [1.82, 2.24) is 4.98 Å². The Hall–Kier alpha value is -1.33. The second kappa shape index (κ2) is 5.22. The number of rotatable bonds is 2. The molecule has 0 bridgehead atoms. The van der Waals surface area contributed by atoms with Crippen molar-refractivity contribution in [3.8, 4) is 0 Å². The first kappa shape index (κ1) is 13.6. The van der Waals surface area contributed by atoms with E-state index in [-0.39, 0.29) is 0 Å². The van der Waals surface area contributed by atoms with E-state index < -0.39 is 12.0 Å². The van der Waals surface area contributed by atoms with Crippen molar-refractivity contribution >= 4 is 44.3 Å². The van der Waals surface area contributed by atoms with Crippen LogP contribution in [0.4, 0.5) is 5.13 Å². The molecule has 106 valence electrons. The molecule has 4 nitrogen and oxygen atoms in total. The fourth-order valence-electron chi connectivity index (χ4n) is 2.68. The van der Waals surface area contributed by atoms with Crippen LogP contribution in [0.3, 0.4) is 0 Å². The van der Waals surface area contributed by atoms with E-state index >= 15 is 0 Å². The van der Waals surface area contributed by atoms with Gasteiger partial charge in [0.1, 0.15) is 6.04 Å². The number of anilines is 1. The Morgan fingerprint density at radius 3 is 3.05 bits per heavy atom. The summed E-state index contributed by atoms with van der Waals surface area (Å²) in [5.41, 5.74) is 1.95. The molecule has 0 amide bonds. The highest BCUT2D eigenvalue weighted by Gasteiger charge is 2.30. The summed E-state index contributed by atoms with van der Waals surface area (Å²) < 4.78 is 1.01. The molecule has 20 heavy (non-hydrogen) atoms. The quantitative estimate of drug-likeness (QED) is 0.919. The van der Waals surface area contributed by atoms with Gasteiger partial charge < -0.3 is 10.0 Å². The molecular formula is C14H15ClN2O2S. The van der Waals surface area contributed by atoms with Crippen molar-refractivity contribution < 1.29 is 9.90 Å². The Kier molecular flexibility index (Phi) is 3.56. The molecule has 1 aromatic carbocycles. The number of carbonyl (C=O) groups is 1. The maximum atomic E-state index is 11.4. The lowest BCUT2D eigenvalue weighted by Crippen LogP contribution is -2.44. The van der Waals surface area contributed by atoms with Gasteiger partial charge in [-0.05, 0) is 43.9 Å². The molecular weight excluding hydrogens is 296 g/mol. The number of fused-ring (bicyclic) bond motifs is 1. The monoisotopic (exact) mass is 310 g/mol. The van der Waals surface area contributed by atoms with E-state index in [0.29, 0.717) is 11.4 Å². The van der Waals surface area contributed by atoms with Crippen molar-refractivity contribution in [3.63, 3.8) is 0 Å². The van der Waals surface area contributed by atoms with Gasteiger partial charge in [0.25, 0.3) is 0 Å². The zero-order valence-corrected chi connectivity index (χ0v) is 12.7. The summed E-state index contributed by atoms with van der Waals surface area (Å²) in [6, 6.07) is 3.32. The normalized spacial score (nSPS) is 19.5. The predicted octanol–water partition coefficient (Wildman–Crippen LogP) is 3.70. The van der Waals surface area contributed by atoms with Crippen LogP contribution in [-0.4, -0.2) is 28.6 Å². The summed E-state index contributed by atoms with van der Waals surface area (Å²) >= 11 is 7.59. The van der Waals surface area contributed by atoms with Crippen LogP contribution in [0.5, 0.6) is 0 Å². The van der Waals surface area contributed by atoms with E-state index in [1.54, 1.807) is 0 Å². The maximum Gasteiger partial charge on any atom is 0.326 e. The van der Waals surface area contributed by atoms with Crippen molar-refractivity contribution in [2.75, 3.05) is 11.4 Å². The van der Waals surface area contributed by atoms with Gasteiger partial charge in [0.15, 0.2) is 5.13 Å². The lowest BCUT2D eigenvalue weighted by Gasteiger charge is -2.32. The largest absolute Gasteiger partial charge is 0.480 e. The first-order valence-electron chi connectivity index (χ1n) is 6.62. The minimum absolute atomic E-state index is 0.458. The summed E-state index contributed by atoms with van der Waals surface area (Å²) in [6.45, 7) is 2.73. The molecule has 0 radical (unpaired) electrons. The van der Waals surface area contributed by atoms with Crippen molar-refractivity contribution in [3.05, 3.63) is 22.7 Å². The van der Waals surface area contributed by atoms with Gasteiger partial charge in [-0.3, -0.25) is 0 Å². The highest BCUT2D eigenvalue weighted by molar-refractivity contribution is 7.22. The van der Waals surface area contributed by atoms with E-state index in [1.807, 2.05) is 24.0 Å². The predicted molar refractivity (Wildman–Crippen MR) is 82.0 cm³/mol. The number of benzene rings is 1. The van der Waals surface area contributed by atoms with E-state index in [2.05, 4.69) is 4.98 Å². The van der Waals surface area contributed by atoms with Gasteiger partial charge >= 0.3 is 5.97 Å². The summed E-state index contributed by atoms with van der Waals surface area (Å²) in [6.07, 6.45) is 2.66. The average molecular weight is 311 g/mol. The third kappa shape index (κ3) is 2.36. The molecule has 1 unspecified atom stereocenters. The first-order chi connectivity index (χ1) is 9.56. The summed E-state index contributed by atoms with van der Waals surface area (Å²) in [5, 5.41) is 10.8. The van der Waals surface area contributed by atoms with Crippen LogP contribution in [0.2, 0.25) is 5.02 Å². The van der Waals surface area contributed by atoms with Gasteiger partial charge in [-0.2, -0.15) is 0 Å². The van der Waals surface area contributed by atoms with E-state index in [0.717, 1.165) is 40.3 Å². The number of hydrogen-bond acceptors (Lipinski definition) is 4. The third-order valence-corrected chi connectivity index (χ3v) is 4.93. The second-order valence-corrected chi connectivity index (χ2v) is 6.55. The molecule has 2 heterocycles. The Bertz CT molecular complexity index is 670. The Labute approximate surface area is 126 Å². The fourth-order valence-corrected chi connectivity index (χ4v) is 4.18. The van der Waals surface area contributed by atoms with Gasteiger partial charge in [0, 0.05) is 11.6 Å².